The van der Waals surface area contributed by atoms with Crippen molar-refractivity contribution in [2.75, 3.05) is 5.32 Å². The summed E-state index contributed by atoms with van der Waals surface area (Å²) >= 11 is 0. The molecule has 0 bridgehead atoms. The first kappa shape index (κ1) is 16.0. The molecule has 0 amide bonds. The van der Waals surface area contributed by atoms with Crippen molar-refractivity contribution in [3.8, 4) is 11.4 Å². The predicted molar refractivity (Wildman–Crippen MR) is 88.7 cm³/mol. The molecule has 4 aromatic rings. The fourth-order valence-electron chi connectivity index (χ4n) is 2.42. The summed E-state index contributed by atoms with van der Waals surface area (Å²) in [6, 6.07) is 6.52. The van der Waals surface area contributed by atoms with Gasteiger partial charge in [0, 0.05) is 30.5 Å². The molecule has 0 unspecified atom stereocenters. The van der Waals surface area contributed by atoms with E-state index in [1.54, 1.807) is 35.3 Å². The molecular weight excluding hydrogens is 345 g/mol. The van der Waals surface area contributed by atoms with Gasteiger partial charge >= 0.3 is 6.18 Å². The molecule has 0 radical (unpaired) electrons. The number of nitrogens with zero attached hydrogens (tertiary/aromatic N) is 5. The van der Waals surface area contributed by atoms with E-state index in [1.807, 2.05) is 0 Å². The van der Waals surface area contributed by atoms with Crippen LogP contribution in [0.3, 0.4) is 0 Å². The van der Waals surface area contributed by atoms with Gasteiger partial charge in [0.2, 0.25) is 5.95 Å². The number of halogens is 3. The Morgan fingerprint density at radius 2 is 1.85 bits per heavy atom. The molecule has 0 saturated carbocycles. The highest BCUT2D eigenvalue weighted by atomic mass is 19.4. The van der Waals surface area contributed by atoms with Crippen molar-refractivity contribution in [3.05, 3.63) is 66.9 Å². The van der Waals surface area contributed by atoms with E-state index in [1.165, 1.54) is 18.3 Å². The largest absolute Gasteiger partial charge is 0.416 e. The van der Waals surface area contributed by atoms with Gasteiger partial charge in [-0.2, -0.15) is 13.2 Å². The lowest BCUT2D eigenvalue weighted by atomic mass is 10.2. The number of hydrogen-bond donors (Lipinski definition) is 1. The second-order valence-electron chi connectivity index (χ2n) is 5.43. The van der Waals surface area contributed by atoms with Gasteiger partial charge in [-0.3, -0.25) is 0 Å². The molecule has 1 aromatic carbocycles. The minimum absolute atomic E-state index is 0.175. The van der Waals surface area contributed by atoms with Crippen molar-refractivity contribution >= 4 is 17.3 Å². The number of aromatic nitrogens is 5. The second-order valence-corrected chi connectivity index (χ2v) is 5.43. The molecule has 0 saturated heterocycles. The number of benzene rings is 1. The molecule has 1 N–H and O–H groups in total. The Morgan fingerprint density at radius 1 is 0.962 bits per heavy atom. The van der Waals surface area contributed by atoms with Crippen LogP contribution in [0.1, 0.15) is 5.56 Å². The van der Waals surface area contributed by atoms with Gasteiger partial charge in [-0.1, -0.05) is 6.07 Å². The third-order valence-corrected chi connectivity index (χ3v) is 3.64. The Balaban J connectivity index is 1.64. The molecule has 0 aliphatic carbocycles. The van der Waals surface area contributed by atoms with E-state index >= 15 is 0 Å². The summed E-state index contributed by atoms with van der Waals surface area (Å²) in [5, 5.41) is 2.79. The first-order valence-corrected chi connectivity index (χ1v) is 7.55. The van der Waals surface area contributed by atoms with Crippen molar-refractivity contribution in [2.45, 2.75) is 6.18 Å². The van der Waals surface area contributed by atoms with E-state index in [0.717, 1.165) is 12.1 Å². The van der Waals surface area contributed by atoms with E-state index in [-0.39, 0.29) is 11.6 Å². The Morgan fingerprint density at radius 3 is 2.69 bits per heavy atom. The van der Waals surface area contributed by atoms with Gasteiger partial charge < -0.3 is 9.72 Å². The van der Waals surface area contributed by atoms with Gasteiger partial charge in [0.15, 0.2) is 5.65 Å². The van der Waals surface area contributed by atoms with Gasteiger partial charge in [-0.15, -0.1) is 0 Å². The molecule has 3 heterocycles. The molecule has 4 rings (SSSR count). The van der Waals surface area contributed by atoms with Crippen LogP contribution in [0.25, 0.3) is 17.0 Å². The molecule has 0 spiro atoms. The van der Waals surface area contributed by atoms with E-state index < -0.39 is 11.7 Å². The topological polar surface area (TPSA) is 68.0 Å². The number of fused-ring (bicyclic) bond motifs is 1. The number of hydrogen-bond acceptors (Lipinski definition) is 5. The molecule has 0 atom stereocenters. The van der Waals surface area contributed by atoms with Gasteiger partial charge in [0.1, 0.15) is 5.69 Å². The number of alkyl halides is 3. The van der Waals surface area contributed by atoms with Crippen LogP contribution in [-0.4, -0.2) is 24.3 Å². The highest BCUT2D eigenvalue weighted by Gasteiger charge is 2.30. The van der Waals surface area contributed by atoms with E-state index in [9.17, 15) is 13.2 Å². The second kappa shape index (κ2) is 6.10. The molecule has 26 heavy (non-hydrogen) atoms. The fourth-order valence-corrected chi connectivity index (χ4v) is 2.42. The molecular formula is C17H11F3N6. The summed E-state index contributed by atoms with van der Waals surface area (Å²) in [6.07, 6.45) is 3.91. The Labute approximate surface area is 145 Å². The zero-order chi connectivity index (χ0) is 18.1. The smallest absolute Gasteiger partial charge is 0.324 e. The lowest BCUT2D eigenvalue weighted by Crippen LogP contribution is -2.06. The normalized spacial score (nSPS) is 11.7. The summed E-state index contributed by atoms with van der Waals surface area (Å²) in [5.74, 6) is 0.175. The van der Waals surface area contributed by atoms with Crippen LogP contribution < -0.4 is 5.32 Å². The van der Waals surface area contributed by atoms with Crippen molar-refractivity contribution in [2.24, 2.45) is 0 Å². The maximum Gasteiger partial charge on any atom is 0.416 e. The third kappa shape index (κ3) is 3.18. The first-order valence-electron chi connectivity index (χ1n) is 7.55. The van der Waals surface area contributed by atoms with Crippen LogP contribution in [0.5, 0.6) is 0 Å². The van der Waals surface area contributed by atoms with Crippen LogP contribution in [0, 0.1) is 0 Å². The average Bonchev–Trinajstić information content (AvgIpc) is 3.09. The summed E-state index contributed by atoms with van der Waals surface area (Å²) in [7, 11) is 0. The van der Waals surface area contributed by atoms with Crippen molar-refractivity contribution in [3.63, 3.8) is 0 Å². The van der Waals surface area contributed by atoms with E-state index in [4.69, 9.17) is 0 Å². The van der Waals surface area contributed by atoms with Crippen LogP contribution in [-0.2, 0) is 6.18 Å². The number of imidazole rings is 1. The highest BCUT2D eigenvalue weighted by Crippen LogP contribution is 2.31. The molecule has 130 valence electrons. The van der Waals surface area contributed by atoms with Crippen molar-refractivity contribution < 1.29 is 13.2 Å². The highest BCUT2D eigenvalue weighted by molar-refractivity contribution is 5.60. The molecule has 9 heteroatoms. The molecule has 3 aromatic heterocycles. The SMILES string of the molecule is FC(F)(F)c1cccc(Nc2nccc(-c3cn4ccnc4cn3)n2)c1. The van der Waals surface area contributed by atoms with E-state index in [0.29, 0.717) is 17.0 Å². The summed E-state index contributed by atoms with van der Waals surface area (Å²) < 4.78 is 40.3. The molecule has 0 fully saturated rings. The van der Waals surface area contributed by atoms with Crippen molar-refractivity contribution in [1.29, 1.82) is 0 Å². The standard InChI is InChI=1S/C17H11F3N6/c18-17(19,20)11-2-1-3-12(8-11)24-16-22-5-4-13(25-16)14-10-26-7-6-21-15(26)9-23-14/h1-10H,(H,22,24,25). The number of anilines is 2. The maximum atomic E-state index is 12.8. The van der Waals surface area contributed by atoms with E-state index in [2.05, 4.69) is 25.3 Å². The quantitative estimate of drug-likeness (QED) is 0.602. The zero-order valence-corrected chi connectivity index (χ0v) is 13.1. The molecule has 0 aliphatic heterocycles. The first-order chi connectivity index (χ1) is 12.5. The van der Waals surface area contributed by atoms with Crippen LogP contribution in [0.15, 0.2) is 61.3 Å². The minimum atomic E-state index is -4.41. The molecule has 6 nitrogen and oxygen atoms in total. The monoisotopic (exact) mass is 356 g/mol. The third-order valence-electron chi connectivity index (χ3n) is 3.64. The summed E-state index contributed by atoms with van der Waals surface area (Å²) in [5.41, 5.74) is 1.32. The number of rotatable bonds is 3. The lowest BCUT2D eigenvalue weighted by molar-refractivity contribution is -0.137. The number of nitrogens with one attached hydrogen (secondary N) is 1. The Kier molecular flexibility index (Phi) is 3.76. The zero-order valence-electron chi connectivity index (χ0n) is 13.1. The van der Waals surface area contributed by atoms with Crippen LogP contribution >= 0.6 is 0 Å². The Bertz CT molecular complexity index is 1070. The minimum Gasteiger partial charge on any atom is -0.324 e. The predicted octanol–water partition coefficient (Wildman–Crippen LogP) is 3.95. The maximum absolute atomic E-state index is 12.8. The van der Waals surface area contributed by atoms with Crippen LogP contribution in [0.2, 0.25) is 0 Å². The molecule has 0 aliphatic rings. The van der Waals surface area contributed by atoms with Gasteiger partial charge in [0.25, 0.3) is 0 Å². The summed E-state index contributed by atoms with van der Waals surface area (Å²) in [6.45, 7) is 0. The Hall–Kier alpha value is -3.49. The van der Waals surface area contributed by atoms with Crippen LogP contribution in [0.4, 0.5) is 24.8 Å². The van der Waals surface area contributed by atoms with Gasteiger partial charge in [-0.25, -0.2) is 19.9 Å². The average molecular weight is 356 g/mol. The fraction of sp³-hybridized carbons (Fsp3) is 0.0588. The van der Waals surface area contributed by atoms with Crippen molar-refractivity contribution in [1.82, 2.24) is 24.3 Å². The van der Waals surface area contributed by atoms with Gasteiger partial charge in [-0.05, 0) is 24.3 Å². The lowest BCUT2D eigenvalue weighted by Gasteiger charge is -2.10. The summed E-state index contributed by atoms with van der Waals surface area (Å²) in [4.78, 5) is 16.8. The van der Waals surface area contributed by atoms with Gasteiger partial charge in [0.05, 0.1) is 17.5 Å².